The molecule has 3 aromatic rings. The second-order valence-corrected chi connectivity index (χ2v) is 12.3. The minimum atomic E-state index is -4.35. The molecule has 2 atom stereocenters. The summed E-state index contributed by atoms with van der Waals surface area (Å²) < 4.78 is 115. The van der Waals surface area contributed by atoms with Crippen LogP contribution < -0.4 is 10.5 Å². The highest BCUT2D eigenvalue weighted by Gasteiger charge is 2.48. The first-order valence-electron chi connectivity index (χ1n) is 12.8. The Hall–Kier alpha value is -3.62. The van der Waals surface area contributed by atoms with Crippen LogP contribution in [0, 0.1) is 5.82 Å². The van der Waals surface area contributed by atoms with Crippen LogP contribution in [0.2, 0.25) is 0 Å². The van der Waals surface area contributed by atoms with E-state index in [1.54, 1.807) is 0 Å². The summed E-state index contributed by atoms with van der Waals surface area (Å²) in [6.45, 7) is -0.0739. The summed E-state index contributed by atoms with van der Waals surface area (Å²) in [6, 6.07) is 5.25. The van der Waals surface area contributed by atoms with Gasteiger partial charge in [0.15, 0.2) is 29.6 Å². The molecule has 39 heavy (non-hydrogen) atoms. The maximum atomic E-state index is 15.2. The number of halogens is 5. The number of alkyl halides is 4. The zero-order valence-electron chi connectivity index (χ0n) is 23.8. The Morgan fingerprint density at radius 3 is 2.59 bits per heavy atom. The molecule has 1 aliphatic heterocycles. The number of hydrogen-bond donors (Lipinski definition) is 1. The van der Waals surface area contributed by atoms with Crippen molar-refractivity contribution in [2.75, 3.05) is 19.3 Å². The van der Waals surface area contributed by atoms with E-state index in [1.807, 2.05) is 0 Å². The Balaban J connectivity index is 1.64. The number of benzene rings is 1. The van der Waals surface area contributed by atoms with Crippen LogP contribution in [0.1, 0.15) is 30.4 Å². The van der Waals surface area contributed by atoms with Gasteiger partial charge < -0.3 is 15.0 Å². The smallest absolute Gasteiger partial charge is 0.340 e. The van der Waals surface area contributed by atoms with Crippen LogP contribution in [0.5, 0.6) is 5.75 Å². The van der Waals surface area contributed by atoms with Gasteiger partial charge >= 0.3 is 12.3 Å². The Bertz CT molecular complexity index is 1640. The largest absolute Gasteiger partial charge is 0.484 e. The molecule has 9 nitrogen and oxygen atoms in total. The minimum Gasteiger partial charge on any atom is -0.484 e. The van der Waals surface area contributed by atoms with Gasteiger partial charge in [-0.1, -0.05) is 5.16 Å². The molecule has 0 aliphatic carbocycles. The van der Waals surface area contributed by atoms with E-state index in [2.05, 4.69) is 29.2 Å². The van der Waals surface area contributed by atoms with Crippen LogP contribution in [0.15, 0.2) is 50.5 Å². The molecule has 2 N–H and O–H groups in total. The van der Waals surface area contributed by atoms with Crippen LogP contribution in [0.4, 0.5) is 22.0 Å². The Labute approximate surface area is 225 Å². The average Bonchev–Trinajstić information content (AvgIpc) is 3.36. The van der Waals surface area contributed by atoms with Crippen LogP contribution >= 0.6 is 0 Å². The number of hydrogen-bond acceptors (Lipinski definition) is 9. The van der Waals surface area contributed by atoms with Gasteiger partial charge in [-0.3, -0.25) is 4.99 Å². The number of aliphatic imine (C=N–C) groups is 1. The van der Waals surface area contributed by atoms with Gasteiger partial charge in [-0.15, -0.1) is 0 Å². The molecule has 15 heteroatoms. The highest BCUT2D eigenvalue weighted by molar-refractivity contribution is 7.95. The number of amidine groups is 1. The molecule has 1 aliphatic rings. The van der Waals surface area contributed by atoms with Crippen molar-refractivity contribution in [1.82, 2.24) is 15.1 Å². The van der Waals surface area contributed by atoms with Crippen LogP contribution in [0.25, 0.3) is 22.8 Å². The van der Waals surface area contributed by atoms with Crippen molar-refractivity contribution >= 4 is 15.6 Å². The van der Waals surface area contributed by atoms with Crippen LogP contribution in [-0.4, -0.2) is 61.6 Å². The van der Waals surface area contributed by atoms with E-state index < -0.39 is 57.5 Å². The lowest BCUT2D eigenvalue weighted by atomic mass is 9.91. The van der Waals surface area contributed by atoms with Crippen LogP contribution in [0.3, 0.4) is 0 Å². The molecule has 0 saturated carbocycles. The number of nitrogens with zero attached hydrogens (tertiary/aromatic N) is 5. The fraction of sp³-hybridized carbons (Fsp3) is 0.417. The SMILES string of the molecule is [2H]C([2H])([2H])N=S1(=O)C[C@@](C)(c2cc(-c3cc(-c4ncc(OCC(F)(F)C(F)F)cn4)no3)ccc2F)N=C(N)C1(C)C. The number of rotatable bonds is 7. The Morgan fingerprint density at radius 2 is 1.95 bits per heavy atom. The lowest BCUT2D eigenvalue weighted by Gasteiger charge is -2.40. The van der Waals surface area contributed by atoms with E-state index in [1.165, 1.54) is 39.0 Å². The normalized spacial score (nSPS) is 24.4. The molecule has 3 heterocycles. The molecule has 0 fully saturated rings. The molecule has 0 spiro atoms. The predicted octanol–water partition coefficient (Wildman–Crippen LogP) is 4.68. The van der Waals surface area contributed by atoms with E-state index in [4.69, 9.17) is 14.4 Å². The van der Waals surface area contributed by atoms with E-state index in [0.29, 0.717) is 5.56 Å². The molecule has 0 bridgehead atoms. The maximum Gasteiger partial charge on any atom is 0.340 e. The van der Waals surface area contributed by atoms with E-state index in [9.17, 15) is 21.8 Å². The summed E-state index contributed by atoms with van der Waals surface area (Å²) in [5.41, 5.74) is 4.91. The van der Waals surface area contributed by atoms with Crippen molar-refractivity contribution < 1.29 is 39.5 Å². The topological polar surface area (TPSA) is 129 Å². The maximum absolute atomic E-state index is 15.2. The number of ether oxygens (including phenoxy) is 1. The molecule has 210 valence electrons. The van der Waals surface area contributed by atoms with Crippen molar-refractivity contribution in [3.63, 3.8) is 0 Å². The number of nitrogens with two attached hydrogens (primary N) is 1. The Morgan fingerprint density at radius 1 is 1.26 bits per heavy atom. The zero-order valence-corrected chi connectivity index (χ0v) is 21.6. The molecule has 0 radical (unpaired) electrons. The molecule has 1 aromatic carbocycles. The molecule has 0 saturated heterocycles. The fourth-order valence-electron chi connectivity index (χ4n) is 3.82. The Kier molecular flexibility index (Phi) is 6.16. The highest BCUT2D eigenvalue weighted by Crippen LogP contribution is 2.40. The first kappa shape index (κ1) is 24.4. The van der Waals surface area contributed by atoms with Gasteiger partial charge in [-0.2, -0.15) is 8.78 Å². The minimum absolute atomic E-state index is 0.0230. The summed E-state index contributed by atoms with van der Waals surface area (Å²) in [5, 5.41) is 3.85. The van der Waals surface area contributed by atoms with Crippen molar-refractivity contribution in [3.05, 3.63) is 48.0 Å². The molecule has 2 aromatic heterocycles. The summed E-state index contributed by atoms with van der Waals surface area (Å²) in [7, 11) is -3.58. The van der Waals surface area contributed by atoms with E-state index in [-0.39, 0.29) is 34.4 Å². The molecule has 1 unspecified atom stereocenters. The van der Waals surface area contributed by atoms with E-state index >= 15 is 4.39 Å². The first-order valence-corrected chi connectivity index (χ1v) is 12.9. The summed E-state index contributed by atoms with van der Waals surface area (Å²) in [5.74, 6) is -5.85. The van der Waals surface area contributed by atoms with Gasteiger partial charge in [0, 0.05) is 28.3 Å². The third-order valence-electron chi connectivity index (χ3n) is 6.35. The van der Waals surface area contributed by atoms with Gasteiger partial charge in [0.25, 0.3) is 0 Å². The molecule has 4 rings (SSSR count). The average molecular weight is 576 g/mol. The van der Waals surface area contributed by atoms with Crippen molar-refractivity contribution in [2.45, 2.75) is 43.4 Å². The van der Waals surface area contributed by atoms with Gasteiger partial charge in [0.05, 0.1) is 27.9 Å². The predicted molar refractivity (Wildman–Crippen MR) is 134 cm³/mol. The standard InChI is InChI=1S/C24H25F5N6O3S/c1-22(2)21(30)34-23(3,12-39(22,36)31-4)15-7-13(5-6-16(15)25)18-8-17(35-38-18)19-32-9-14(10-33-19)37-11-24(28,29)20(26)27/h5-10,20H,11-12H2,1-4H3,(H2,30,34)/t23-,39?/m0/s1/i4D3. The quantitative estimate of drug-likeness (QED) is 0.405. The molecule has 0 amide bonds. The first-order chi connectivity index (χ1) is 19.3. The lowest BCUT2D eigenvalue weighted by molar-refractivity contribution is -0.148. The monoisotopic (exact) mass is 575 g/mol. The summed E-state index contributed by atoms with van der Waals surface area (Å²) in [4.78, 5) is 12.3. The fourth-order valence-corrected chi connectivity index (χ4v) is 5.82. The van der Waals surface area contributed by atoms with Gasteiger partial charge in [-0.25, -0.2) is 31.7 Å². The van der Waals surface area contributed by atoms with Crippen LogP contribution in [-0.2, 0) is 15.3 Å². The van der Waals surface area contributed by atoms with Gasteiger partial charge in [0.2, 0.25) is 0 Å². The van der Waals surface area contributed by atoms with Crippen molar-refractivity contribution in [2.24, 2.45) is 15.1 Å². The summed E-state index contributed by atoms with van der Waals surface area (Å²) >= 11 is 0. The second-order valence-electron chi connectivity index (χ2n) is 9.52. The van der Waals surface area contributed by atoms with Gasteiger partial charge in [-0.05, 0) is 39.0 Å². The lowest BCUT2D eigenvalue weighted by Crippen LogP contribution is -2.54. The third-order valence-corrected chi connectivity index (χ3v) is 9.41. The molecular formula is C24H25F5N6O3S. The molecular weight excluding hydrogens is 547 g/mol. The summed E-state index contributed by atoms with van der Waals surface area (Å²) in [6.07, 6.45) is -1.92. The zero-order chi connectivity index (χ0) is 31.3. The second kappa shape index (κ2) is 9.84. The van der Waals surface area contributed by atoms with Crippen molar-refractivity contribution in [1.29, 1.82) is 0 Å². The number of aromatic nitrogens is 3. The van der Waals surface area contributed by atoms with Gasteiger partial charge in [0.1, 0.15) is 21.9 Å². The van der Waals surface area contributed by atoms with Crippen molar-refractivity contribution in [3.8, 4) is 28.6 Å². The van der Waals surface area contributed by atoms with E-state index in [0.717, 1.165) is 18.5 Å². The highest BCUT2D eigenvalue weighted by atomic mass is 32.2. The third kappa shape index (κ3) is 5.18.